The monoisotopic (exact) mass is 330 g/mol. The van der Waals surface area contributed by atoms with E-state index in [0.717, 1.165) is 17.0 Å². The van der Waals surface area contributed by atoms with Crippen LogP contribution in [0.3, 0.4) is 0 Å². The summed E-state index contributed by atoms with van der Waals surface area (Å²) < 4.78 is 6.92. The number of aromatic nitrogens is 1. The molecule has 3 rings (SSSR count). The van der Waals surface area contributed by atoms with Gasteiger partial charge >= 0.3 is 0 Å². The van der Waals surface area contributed by atoms with Crippen LogP contribution in [0.15, 0.2) is 84.1 Å². The van der Waals surface area contributed by atoms with E-state index >= 15 is 0 Å². The molecule has 0 amide bonds. The van der Waals surface area contributed by atoms with E-state index in [9.17, 15) is 5.11 Å². The van der Waals surface area contributed by atoms with Crippen molar-refractivity contribution in [1.82, 2.24) is 0 Å². The number of rotatable bonds is 5. The molecule has 0 atom stereocenters. The highest BCUT2D eigenvalue weighted by molar-refractivity contribution is 5.89. The lowest BCUT2D eigenvalue weighted by molar-refractivity contribution is -0.683. The molecule has 0 aliphatic rings. The number of pyridine rings is 1. The number of nitrogens with zero attached hydrogens (tertiary/aromatic N) is 2. The molecule has 2 aromatic carbocycles. The van der Waals surface area contributed by atoms with Crippen LogP contribution in [0.4, 0.5) is 0 Å². The van der Waals surface area contributed by atoms with Crippen LogP contribution in [0, 0.1) is 0 Å². The van der Waals surface area contributed by atoms with E-state index in [1.54, 1.807) is 30.1 Å². The maximum absolute atomic E-state index is 12.3. The second kappa shape index (κ2) is 7.93. The van der Waals surface area contributed by atoms with Gasteiger partial charge in [-0.1, -0.05) is 53.2 Å². The van der Waals surface area contributed by atoms with Gasteiger partial charge in [-0.05, 0) is 28.9 Å². The summed E-state index contributed by atoms with van der Waals surface area (Å²) in [5.74, 6) is 0.502. The van der Waals surface area contributed by atoms with Gasteiger partial charge in [0.15, 0.2) is 0 Å². The third kappa shape index (κ3) is 4.12. The predicted molar refractivity (Wildman–Crippen MR) is 96.9 cm³/mol. The third-order valence-electron chi connectivity index (χ3n) is 3.66. The van der Waals surface area contributed by atoms with Gasteiger partial charge in [0.25, 0.3) is 0 Å². The molecular weight excluding hydrogens is 312 g/mol. The van der Waals surface area contributed by atoms with Gasteiger partial charge in [-0.3, -0.25) is 0 Å². The molecule has 1 heterocycles. The van der Waals surface area contributed by atoms with Crippen molar-refractivity contribution in [3.05, 3.63) is 95.8 Å². The molecule has 0 fully saturated rings. The lowest BCUT2D eigenvalue weighted by atomic mass is 10.1. The summed E-state index contributed by atoms with van der Waals surface area (Å²) in [5.41, 5.74) is 2.30. The summed E-state index contributed by atoms with van der Waals surface area (Å²) in [6.45, 7) is 0. The molecular formula is C21H18N2O2. The lowest BCUT2D eigenvalue weighted by Crippen LogP contribution is -2.36. The van der Waals surface area contributed by atoms with Crippen LogP contribution >= 0.6 is 0 Å². The highest BCUT2D eigenvalue weighted by Gasteiger charge is 2.06. The first-order valence-corrected chi connectivity index (χ1v) is 7.91. The smallest absolute Gasteiger partial charge is 0.238 e. The largest absolute Gasteiger partial charge is 0.854 e. The highest BCUT2D eigenvalue weighted by atomic mass is 16.5. The Morgan fingerprint density at radius 1 is 0.920 bits per heavy atom. The molecule has 0 unspecified atom stereocenters. The molecule has 0 saturated carbocycles. The van der Waals surface area contributed by atoms with Crippen LogP contribution in [0.5, 0.6) is 5.75 Å². The molecule has 0 aliphatic heterocycles. The Hall–Kier alpha value is -3.40. The SMILES string of the molecule is COc1ccccc1/C=C/c1cccc[n+]1/N=C(\[O-])c1ccccc1. The molecule has 0 bridgehead atoms. The van der Waals surface area contributed by atoms with Crippen LogP contribution in [0.25, 0.3) is 12.2 Å². The first kappa shape index (κ1) is 16.5. The fraction of sp³-hybridized carbons (Fsp3) is 0.0476. The first-order chi connectivity index (χ1) is 12.3. The van der Waals surface area contributed by atoms with Crippen LogP contribution in [-0.4, -0.2) is 13.0 Å². The lowest BCUT2D eigenvalue weighted by Gasteiger charge is -2.06. The van der Waals surface area contributed by atoms with Crippen LogP contribution in [-0.2, 0) is 0 Å². The van der Waals surface area contributed by atoms with Gasteiger partial charge in [-0.15, -0.1) is 0 Å². The number of hydrogen-bond acceptors (Lipinski definition) is 3. The standard InChI is InChI=1S/C21H18N2O2/c1-25-20-13-6-5-9-17(20)14-15-19-12-7-8-16-23(19)22-21(24)18-10-3-2-4-11-18/h2-16H,1H3/b15-14+. The Balaban J connectivity index is 1.93. The summed E-state index contributed by atoms with van der Waals surface area (Å²) in [6.07, 6.45) is 5.59. The Kier molecular flexibility index (Phi) is 5.22. The van der Waals surface area contributed by atoms with Gasteiger partial charge in [-0.2, -0.15) is 0 Å². The maximum atomic E-state index is 12.3. The minimum atomic E-state index is -0.288. The van der Waals surface area contributed by atoms with E-state index in [1.165, 1.54) is 0 Å². The van der Waals surface area contributed by atoms with Crippen LogP contribution in [0.2, 0.25) is 0 Å². The van der Waals surface area contributed by atoms with Crippen molar-refractivity contribution >= 4 is 18.0 Å². The predicted octanol–water partition coefficient (Wildman–Crippen LogP) is 2.72. The summed E-state index contributed by atoms with van der Waals surface area (Å²) in [6, 6.07) is 22.4. The van der Waals surface area contributed by atoms with Crippen molar-refractivity contribution in [2.45, 2.75) is 0 Å². The van der Waals surface area contributed by atoms with Crippen molar-refractivity contribution in [2.75, 3.05) is 7.11 Å². The molecule has 3 aromatic rings. The van der Waals surface area contributed by atoms with Gasteiger partial charge in [0.1, 0.15) is 5.75 Å². The zero-order chi connectivity index (χ0) is 17.5. The molecule has 0 aliphatic carbocycles. The molecule has 0 spiro atoms. The summed E-state index contributed by atoms with van der Waals surface area (Å²) in [5, 5.41) is 16.5. The van der Waals surface area contributed by atoms with E-state index in [4.69, 9.17) is 4.74 Å². The van der Waals surface area contributed by atoms with E-state index in [2.05, 4.69) is 5.10 Å². The second-order valence-electron chi connectivity index (χ2n) is 5.32. The van der Waals surface area contributed by atoms with Crippen molar-refractivity contribution in [1.29, 1.82) is 0 Å². The molecule has 25 heavy (non-hydrogen) atoms. The Labute approximate surface area is 147 Å². The maximum Gasteiger partial charge on any atom is 0.238 e. The van der Waals surface area contributed by atoms with Crippen LogP contribution < -0.4 is 14.5 Å². The molecule has 0 radical (unpaired) electrons. The Bertz CT molecular complexity index is 903. The average molecular weight is 330 g/mol. The van der Waals surface area contributed by atoms with Gasteiger partial charge < -0.3 is 9.84 Å². The van der Waals surface area contributed by atoms with Gasteiger partial charge in [0.05, 0.1) is 13.0 Å². The fourth-order valence-electron chi connectivity index (χ4n) is 2.39. The Morgan fingerprint density at radius 2 is 1.64 bits per heavy atom. The fourth-order valence-corrected chi connectivity index (χ4v) is 2.39. The number of benzene rings is 2. The van der Waals surface area contributed by atoms with Crippen molar-refractivity contribution in [3.63, 3.8) is 0 Å². The zero-order valence-corrected chi connectivity index (χ0v) is 13.9. The van der Waals surface area contributed by atoms with Gasteiger partial charge in [-0.25, -0.2) is 0 Å². The summed E-state index contributed by atoms with van der Waals surface area (Å²) in [4.78, 5) is 0. The third-order valence-corrected chi connectivity index (χ3v) is 3.66. The normalized spacial score (nSPS) is 11.6. The minimum Gasteiger partial charge on any atom is -0.854 e. The van der Waals surface area contributed by atoms with E-state index < -0.39 is 0 Å². The highest BCUT2D eigenvalue weighted by Crippen LogP contribution is 2.19. The summed E-state index contributed by atoms with van der Waals surface area (Å²) >= 11 is 0. The summed E-state index contributed by atoms with van der Waals surface area (Å²) in [7, 11) is 1.64. The minimum absolute atomic E-state index is 0.288. The van der Waals surface area contributed by atoms with E-state index in [1.807, 2.05) is 72.8 Å². The second-order valence-corrected chi connectivity index (χ2v) is 5.32. The van der Waals surface area contributed by atoms with Crippen molar-refractivity contribution in [2.24, 2.45) is 5.10 Å². The first-order valence-electron chi connectivity index (χ1n) is 7.91. The molecule has 0 N–H and O–H groups in total. The molecule has 4 nitrogen and oxygen atoms in total. The number of hydrogen-bond donors (Lipinski definition) is 0. The Morgan fingerprint density at radius 3 is 2.44 bits per heavy atom. The molecule has 4 heteroatoms. The van der Waals surface area contributed by atoms with E-state index in [0.29, 0.717) is 5.56 Å². The number of para-hydroxylation sites is 1. The van der Waals surface area contributed by atoms with Crippen molar-refractivity contribution in [3.8, 4) is 5.75 Å². The molecule has 1 aromatic heterocycles. The number of ether oxygens (including phenoxy) is 1. The molecule has 124 valence electrons. The van der Waals surface area contributed by atoms with E-state index in [-0.39, 0.29) is 5.90 Å². The quantitative estimate of drug-likeness (QED) is 0.410. The molecule has 0 saturated heterocycles. The average Bonchev–Trinajstić information content (AvgIpc) is 2.68. The number of methoxy groups -OCH3 is 1. The topological polar surface area (TPSA) is 48.5 Å². The van der Waals surface area contributed by atoms with Gasteiger partial charge in [0, 0.05) is 23.8 Å². The van der Waals surface area contributed by atoms with Crippen LogP contribution in [0.1, 0.15) is 16.8 Å². The van der Waals surface area contributed by atoms with Crippen molar-refractivity contribution < 1.29 is 14.5 Å². The van der Waals surface area contributed by atoms with Gasteiger partial charge in [0.2, 0.25) is 11.9 Å². The zero-order valence-electron chi connectivity index (χ0n) is 13.9.